The predicted octanol–water partition coefficient (Wildman–Crippen LogP) is 1.69. The van der Waals surface area contributed by atoms with Crippen LogP contribution in [0, 0.1) is 0 Å². The summed E-state index contributed by atoms with van der Waals surface area (Å²) in [6.07, 6.45) is 5.41. The van der Waals surface area contributed by atoms with E-state index in [2.05, 4.69) is 0 Å². The van der Waals surface area contributed by atoms with E-state index in [1.165, 1.54) is 12.0 Å². The van der Waals surface area contributed by atoms with Crippen LogP contribution in [0.15, 0.2) is 23.8 Å². The summed E-state index contributed by atoms with van der Waals surface area (Å²) in [5, 5.41) is 1.88. The Morgan fingerprint density at radius 1 is 1.33 bits per heavy atom. The Bertz CT molecular complexity index is 73.5. The van der Waals surface area contributed by atoms with Crippen molar-refractivity contribution in [2.24, 2.45) is 0 Å². The number of allylic oxidation sites excluding steroid dienone is 2. The van der Waals surface area contributed by atoms with E-state index >= 15 is 0 Å². The molecule has 0 unspecified atom stereocenters. The van der Waals surface area contributed by atoms with Crippen LogP contribution in [0.3, 0.4) is 0 Å². The summed E-state index contributed by atoms with van der Waals surface area (Å²) in [4.78, 5) is 0. The first-order valence-corrected chi connectivity index (χ1v) is 2.44. The van der Waals surface area contributed by atoms with Crippen LogP contribution in [0.4, 0.5) is 0 Å². The zero-order valence-electron chi connectivity index (χ0n) is 3.13. The fourth-order valence-corrected chi connectivity index (χ4v) is 0.566. The van der Waals surface area contributed by atoms with Crippen molar-refractivity contribution in [3.05, 3.63) is 23.8 Å². The van der Waals surface area contributed by atoms with Gasteiger partial charge in [-0.2, -0.15) is 0 Å². The van der Waals surface area contributed by atoms with Crippen molar-refractivity contribution in [2.45, 2.75) is 0 Å². The van der Waals surface area contributed by atoms with E-state index in [0.717, 1.165) is 0 Å². The molecule has 0 aromatic carbocycles. The molecule has 0 bridgehead atoms. The normalized spacial score (nSPS) is 17.3. The Hall–Kier alpha value is -0.370. The van der Waals surface area contributed by atoms with Gasteiger partial charge < -0.3 is 4.18 Å². The highest BCUT2D eigenvalue weighted by molar-refractivity contribution is 7.97. The van der Waals surface area contributed by atoms with Crippen LogP contribution in [0.25, 0.3) is 0 Å². The minimum Gasteiger partial charge on any atom is -0.429 e. The lowest BCUT2D eigenvalue weighted by atomic mass is 10.6. The third kappa shape index (κ3) is 0.792. The molecule has 2 heteroatoms. The molecule has 0 aromatic heterocycles. The van der Waals surface area contributed by atoms with Gasteiger partial charge >= 0.3 is 0 Å². The molecule has 1 heterocycles. The van der Waals surface area contributed by atoms with Gasteiger partial charge in [0.15, 0.2) is 0 Å². The van der Waals surface area contributed by atoms with Gasteiger partial charge in [-0.1, -0.05) is 0 Å². The smallest absolute Gasteiger partial charge is 0.101 e. The first-order chi connectivity index (χ1) is 3.00. The van der Waals surface area contributed by atoms with E-state index in [4.69, 9.17) is 4.18 Å². The van der Waals surface area contributed by atoms with Crippen LogP contribution in [-0.4, -0.2) is 0 Å². The maximum Gasteiger partial charge on any atom is 0.101 e. The highest BCUT2D eigenvalue weighted by Gasteiger charge is 1.77. The summed E-state index contributed by atoms with van der Waals surface area (Å²) in [7, 11) is 0. The fourth-order valence-electron chi connectivity index (χ4n) is 0.219. The molecule has 0 saturated carbocycles. The molecule has 1 aliphatic rings. The molecule has 1 nitrogen and oxygen atoms in total. The molecule has 0 aliphatic carbocycles. The van der Waals surface area contributed by atoms with E-state index in [0.29, 0.717) is 0 Å². The molecular weight excluding hydrogens is 96.1 g/mol. The fraction of sp³-hybridized carbons (Fsp3) is 0. The largest absolute Gasteiger partial charge is 0.429 e. The van der Waals surface area contributed by atoms with Crippen LogP contribution in [0.2, 0.25) is 0 Å². The highest BCUT2D eigenvalue weighted by atomic mass is 32.2. The van der Waals surface area contributed by atoms with Gasteiger partial charge in [0, 0.05) is 5.41 Å². The van der Waals surface area contributed by atoms with Crippen LogP contribution in [0.1, 0.15) is 0 Å². The second kappa shape index (κ2) is 1.92. The first-order valence-electron chi connectivity index (χ1n) is 1.64. The lowest BCUT2D eigenvalue weighted by molar-refractivity contribution is 0.569. The minimum absolute atomic E-state index is 1.33. The Balaban J connectivity index is 2.46. The van der Waals surface area contributed by atoms with Crippen LogP contribution in [-0.2, 0) is 4.18 Å². The summed E-state index contributed by atoms with van der Waals surface area (Å²) < 4.78 is 4.72. The van der Waals surface area contributed by atoms with Gasteiger partial charge in [-0.3, -0.25) is 0 Å². The van der Waals surface area contributed by atoms with Crippen molar-refractivity contribution < 1.29 is 4.18 Å². The molecule has 6 heavy (non-hydrogen) atoms. The molecule has 0 amide bonds. The Morgan fingerprint density at radius 3 is 2.50 bits per heavy atom. The van der Waals surface area contributed by atoms with Crippen molar-refractivity contribution in [3.8, 4) is 0 Å². The summed E-state index contributed by atoms with van der Waals surface area (Å²) >= 11 is 1.33. The average Bonchev–Trinajstić information content (AvgIpc) is 1.72. The third-order valence-electron chi connectivity index (χ3n) is 0.435. The molecule has 1 rings (SSSR count). The van der Waals surface area contributed by atoms with Gasteiger partial charge in [-0.25, -0.2) is 0 Å². The van der Waals surface area contributed by atoms with Crippen molar-refractivity contribution in [1.82, 2.24) is 0 Å². The molecule has 1 aliphatic heterocycles. The third-order valence-corrected chi connectivity index (χ3v) is 0.925. The van der Waals surface area contributed by atoms with Crippen LogP contribution in [0.5, 0.6) is 0 Å². The zero-order valence-corrected chi connectivity index (χ0v) is 3.94. The Labute approximate surface area is 40.9 Å². The molecule has 0 fully saturated rings. The quantitative estimate of drug-likeness (QED) is 0.428. The van der Waals surface area contributed by atoms with E-state index in [1.807, 2.05) is 17.6 Å². The van der Waals surface area contributed by atoms with Gasteiger partial charge in [0.1, 0.15) is 6.26 Å². The average molecular weight is 100 g/mol. The first kappa shape index (κ1) is 3.81. The molecule has 0 N–H and O–H groups in total. The molecule has 0 saturated heterocycles. The molecule has 0 radical (unpaired) electrons. The number of hydrogen-bond donors (Lipinski definition) is 0. The van der Waals surface area contributed by atoms with Gasteiger partial charge in [-0.05, 0) is 12.2 Å². The van der Waals surface area contributed by atoms with Crippen LogP contribution < -0.4 is 0 Å². The van der Waals surface area contributed by atoms with Gasteiger partial charge in [0.05, 0.1) is 12.0 Å². The van der Waals surface area contributed by atoms with E-state index in [9.17, 15) is 0 Å². The lowest BCUT2D eigenvalue weighted by Crippen LogP contribution is -1.63. The summed E-state index contributed by atoms with van der Waals surface area (Å²) in [5.74, 6) is 0. The molecule has 0 aromatic rings. The lowest BCUT2D eigenvalue weighted by Gasteiger charge is -1.91. The standard InChI is InChI=1S/C4H4OS/c1-2-4-6-5-3-1/h1-4H. The molecular formula is C4H4OS. The molecule has 0 spiro atoms. The maximum absolute atomic E-state index is 4.72. The van der Waals surface area contributed by atoms with Gasteiger partial charge in [0.25, 0.3) is 0 Å². The van der Waals surface area contributed by atoms with Crippen LogP contribution >= 0.6 is 12.0 Å². The number of hydrogen-bond acceptors (Lipinski definition) is 2. The van der Waals surface area contributed by atoms with E-state index in [-0.39, 0.29) is 0 Å². The summed E-state index contributed by atoms with van der Waals surface area (Å²) in [5.41, 5.74) is 0. The second-order valence-corrected chi connectivity index (χ2v) is 1.51. The zero-order chi connectivity index (χ0) is 4.24. The van der Waals surface area contributed by atoms with E-state index in [1.54, 1.807) is 6.26 Å². The van der Waals surface area contributed by atoms with Crippen molar-refractivity contribution in [1.29, 1.82) is 0 Å². The minimum atomic E-state index is 1.33. The summed E-state index contributed by atoms with van der Waals surface area (Å²) in [6, 6.07) is 0. The SMILES string of the molecule is C1=COSC=C1. The van der Waals surface area contributed by atoms with Crippen molar-refractivity contribution in [3.63, 3.8) is 0 Å². The van der Waals surface area contributed by atoms with Gasteiger partial charge in [0.2, 0.25) is 0 Å². The van der Waals surface area contributed by atoms with Crippen molar-refractivity contribution in [2.75, 3.05) is 0 Å². The Kier molecular flexibility index (Phi) is 1.22. The van der Waals surface area contributed by atoms with E-state index < -0.39 is 0 Å². The molecule has 0 atom stereocenters. The van der Waals surface area contributed by atoms with Gasteiger partial charge in [-0.15, -0.1) is 0 Å². The van der Waals surface area contributed by atoms with Crippen molar-refractivity contribution >= 4 is 12.0 Å². The topological polar surface area (TPSA) is 9.23 Å². The summed E-state index contributed by atoms with van der Waals surface area (Å²) in [6.45, 7) is 0. The monoisotopic (exact) mass is 100.0 g/mol. The number of rotatable bonds is 0. The predicted molar refractivity (Wildman–Crippen MR) is 27.0 cm³/mol. The second-order valence-electron chi connectivity index (χ2n) is 0.850. The molecule has 32 valence electrons. The highest BCUT2D eigenvalue weighted by Crippen LogP contribution is 2.08. The maximum atomic E-state index is 4.72. The Morgan fingerprint density at radius 2 is 2.33 bits per heavy atom.